The van der Waals surface area contributed by atoms with Gasteiger partial charge in [0.25, 0.3) is 0 Å². The van der Waals surface area contributed by atoms with E-state index in [1.807, 2.05) is 20.8 Å². The van der Waals surface area contributed by atoms with Gasteiger partial charge in [-0.05, 0) is 33.6 Å². The smallest absolute Gasteiger partial charge is 0.407 e. The van der Waals surface area contributed by atoms with E-state index in [1.165, 1.54) is 0 Å². The number of methoxy groups -OCH3 is 1. The summed E-state index contributed by atoms with van der Waals surface area (Å²) in [5, 5.41) is 2.81. The number of alkyl carbamates (subject to hydrolysis) is 1. The fourth-order valence-corrected chi connectivity index (χ4v) is 1.71. The molecule has 1 heterocycles. The van der Waals surface area contributed by atoms with E-state index in [0.29, 0.717) is 13.2 Å². The number of rotatable bonds is 3. The van der Waals surface area contributed by atoms with Crippen molar-refractivity contribution in [3.05, 3.63) is 0 Å². The molecule has 5 nitrogen and oxygen atoms in total. The number of carbonyl (C=O) groups excluding carboxylic acids is 1. The Bertz CT molecular complexity index is 241. The van der Waals surface area contributed by atoms with Gasteiger partial charge < -0.3 is 19.5 Å². The SMILES string of the molecule is COCC1CC[C@@H](NC(=O)OC(C)(C)C)CO1. The largest absolute Gasteiger partial charge is 0.444 e. The molecule has 0 aliphatic carbocycles. The van der Waals surface area contributed by atoms with Crippen LogP contribution in [0.3, 0.4) is 0 Å². The first-order valence-corrected chi connectivity index (χ1v) is 6.01. The summed E-state index contributed by atoms with van der Waals surface area (Å²) >= 11 is 0. The molecule has 0 bridgehead atoms. The Hall–Kier alpha value is -0.810. The quantitative estimate of drug-likeness (QED) is 0.822. The Labute approximate surface area is 103 Å². The van der Waals surface area contributed by atoms with Crippen LogP contribution in [-0.2, 0) is 14.2 Å². The van der Waals surface area contributed by atoms with E-state index in [4.69, 9.17) is 14.2 Å². The topological polar surface area (TPSA) is 56.8 Å². The van der Waals surface area contributed by atoms with Gasteiger partial charge in [-0.15, -0.1) is 0 Å². The number of carbonyl (C=O) groups is 1. The van der Waals surface area contributed by atoms with Gasteiger partial charge in [-0.3, -0.25) is 0 Å². The summed E-state index contributed by atoms with van der Waals surface area (Å²) in [5.41, 5.74) is -0.460. The molecule has 0 aromatic carbocycles. The summed E-state index contributed by atoms with van der Waals surface area (Å²) in [6, 6.07) is 0.0398. The molecule has 1 unspecified atom stereocenters. The van der Waals surface area contributed by atoms with Gasteiger partial charge in [0.2, 0.25) is 0 Å². The average molecular weight is 245 g/mol. The van der Waals surface area contributed by atoms with E-state index in [9.17, 15) is 4.79 Å². The normalized spacial score (nSPS) is 25.4. The number of nitrogens with one attached hydrogen (secondary N) is 1. The highest BCUT2D eigenvalue weighted by Gasteiger charge is 2.24. The molecule has 0 aromatic heterocycles. The minimum Gasteiger partial charge on any atom is -0.444 e. The summed E-state index contributed by atoms with van der Waals surface area (Å²) < 4.78 is 15.8. The molecule has 1 amide bonds. The molecule has 1 fully saturated rings. The van der Waals surface area contributed by atoms with Crippen LogP contribution >= 0.6 is 0 Å². The van der Waals surface area contributed by atoms with Crippen LogP contribution in [-0.4, -0.2) is 44.2 Å². The van der Waals surface area contributed by atoms with Crippen molar-refractivity contribution in [2.75, 3.05) is 20.3 Å². The van der Waals surface area contributed by atoms with Gasteiger partial charge in [-0.1, -0.05) is 0 Å². The Balaban J connectivity index is 2.24. The third-order valence-electron chi connectivity index (χ3n) is 2.44. The van der Waals surface area contributed by atoms with E-state index in [2.05, 4.69) is 5.32 Å². The highest BCUT2D eigenvalue weighted by molar-refractivity contribution is 5.68. The summed E-state index contributed by atoms with van der Waals surface area (Å²) in [4.78, 5) is 11.5. The Morgan fingerprint density at radius 1 is 1.41 bits per heavy atom. The van der Waals surface area contributed by atoms with E-state index in [-0.39, 0.29) is 18.2 Å². The molecule has 1 rings (SSSR count). The number of amides is 1. The first kappa shape index (κ1) is 14.3. The lowest BCUT2D eigenvalue weighted by atomic mass is 10.1. The lowest BCUT2D eigenvalue weighted by Crippen LogP contribution is -2.45. The molecule has 100 valence electrons. The lowest BCUT2D eigenvalue weighted by Gasteiger charge is -2.30. The molecule has 2 atom stereocenters. The summed E-state index contributed by atoms with van der Waals surface area (Å²) in [7, 11) is 1.66. The maximum absolute atomic E-state index is 11.5. The van der Waals surface area contributed by atoms with Crippen LogP contribution < -0.4 is 5.32 Å². The van der Waals surface area contributed by atoms with E-state index >= 15 is 0 Å². The fraction of sp³-hybridized carbons (Fsp3) is 0.917. The van der Waals surface area contributed by atoms with E-state index in [0.717, 1.165) is 12.8 Å². The lowest BCUT2D eigenvalue weighted by molar-refractivity contribution is -0.0431. The number of ether oxygens (including phenoxy) is 3. The van der Waals surface area contributed by atoms with Crippen LogP contribution in [0.1, 0.15) is 33.6 Å². The van der Waals surface area contributed by atoms with Gasteiger partial charge in [-0.25, -0.2) is 4.79 Å². The summed E-state index contributed by atoms with van der Waals surface area (Å²) in [6.45, 7) is 6.67. The zero-order valence-electron chi connectivity index (χ0n) is 11.1. The second-order valence-corrected chi connectivity index (χ2v) is 5.33. The van der Waals surface area contributed by atoms with Crippen molar-refractivity contribution in [1.29, 1.82) is 0 Å². The van der Waals surface area contributed by atoms with Crippen molar-refractivity contribution in [3.8, 4) is 0 Å². The molecule has 5 heteroatoms. The zero-order chi connectivity index (χ0) is 12.9. The molecule has 1 saturated heterocycles. The van der Waals surface area contributed by atoms with Gasteiger partial charge in [-0.2, -0.15) is 0 Å². The monoisotopic (exact) mass is 245 g/mol. The maximum Gasteiger partial charge on any atom is 0.407 e. The molecule has 1 aliphatic rings. The van der Waals surface area contributed by atoms with Crippen molar-refractivity contribution in [3.63, 3.8) is 0 Å². The van der Waals surface area contributed by atoms with Gasteiger partial charge in [0, 0.05) is 7.11 Å². The van der Waals surface area contributed by atoms with Crippen molar-refractivity contribution >= 4 is 6.09 Å². The van der Waals surface area contributed by atoms with E-state index in [1.54, 1.807) is 7.11 Å². The molecule has 1 N–H and O–H groups in total. The second kappa shape index (κ2) is 6.21. The third kappa shape index (κ3) is 5.89. The van der Waals surface area contributed by atoms with Gasteiger partial charge in [0.15, 0.2) is 0 Å². The standard InChI is InChI=1S/C12H23NO4/c1-12(2,3)17-11(14)13-9-5-6-10(8-15-4)16-7-9/h9-10H,5-8H2,1-4H3,(H,13,14)/t9-,10?/m1/s1. The molecule has 0 saturated carbocycles. The maximum atomic E-state index is 11.5. The highest BCUT2D eigenvalue weighted by Crippen LogP contribution is 2.14. The average Bonchev–Trinajstić information content (AvgIpc) is 2.18. The fourth-order valence-electron chi connectivity index (χ4n) is 1.71. The minimum absolute atomic E-state index is 0.0398. The van der Waals surface area contributed by atoms with E-state index < -0.39 is 5.60 Å². The van der Waals surface area contributed by atoms with Crippen molar-refractivity contribution < 1.29 is 19.0 Å². The van der Waals surface area contributed by atoms with Crippen LogP contribution in [0.25, 0.3) is 0 Å². The van der Waals surface area contributed by atoms with Crippen LogP contribution in [0.5, 0.6) is 0 Å². The minimum atomic E-state index is -0.460. The molecule has 1 aliphatic heterocycles. The first-order valence-electron chi connectivity index (χ1n) is 6.01. The summed E-state index contributed by atoms with van der Waals surface area (Å²) in [6.07, 6.45) is 1.56. The Morgan fingerprint density at radius 3 is 2.59 bits per heavy atom. The second-order valence-electron chi connectivity index (χ2n) is 5.33. The molecule has 17 heavy (non-hydrogen) atoms. The van der Waals surface area contributed by atoms with Crippen molar-refractivity contribution in [1.82, 2.24) is 5.32 Å². The molecule has 0 spiro atoms. The van der Waals surface area contributed by atoms with Crippen LogP contribution in [0, 0.1) is 0 Å². The van der Waals surface area contributed by atoms with Gasteiger partial charge >= 0.3 is 6.09 Å². The first-order chi connectivity index (χ1) is 7.90. The van der Waals surface area contributed by atoms with Crippen LogP contribution in [0.15, 0.2) is 0 Å². The Morgan fingerprint density at radius 2 is 2.12 bits per heavy atom. The van der Waals surface area contributed by atoms with Gasteiger partial charge in [0.1, 0.15) is 5.60 Å². The highest BCUT2D eigenvalue weighted by atomic mass is 16.6. The third-order valence-corrected chi connectivity index (χ3v) is 2.44. The molecule has 0 radical (unpaired) electrons. The number of hydrogen-bond acceptors (Lipinski definition) is 4. The molecular weight excluding hydrogens is 222 g/mol. The summed E-state index contributed by atoms with van der Waals surface area (Å²) in [5.74, 6) is 0. The zero-order valence-corrected chi connectivity index (χ0v) is 11.1. The predicted octanol–water partition coefficient (Wildman–Crippen LogP) is 1.71. The molecular formula is C12H23NO4. The van der Waals surface area contributed by atoms with Crippen LogP contribution in [0.2, 0.25) is 0 Å². The molecule has 0 aromatic rings. The van der Waals surface area contributed by atoms with Crippen LogP contribution in [0.4, 0.5) is 4.79 Å². The number of hydrogen-bond donors (Lipinski definition) is 1. The van der Waals surface area contributed by atoms with Gasteiger partial charge in [0.05, 0.1) is 25.4 Å². The van der Waals surface area contributed by atoms with Crippen molar-refractivity contribution in [2.45, 2.75) is 51.4 Å². The predicted molar refractivity (Wildman–Crippen MR) is 64.0 cm³/mol. The Kier molecular flexibility index (Phi) is 5.21. The van der Waals surface area contributed by atoms with Crippen molar-refractivity contribution in [2.24, 2.45) is 0 Å².